The largest absolute Gasteiger partial charge is 0.497 e. The third-order valence-corrected chi connectivity index (χ3v) is 13.4. The summed E-state index contributed by atoms with van der Waals surface area (Å²) in [7, 11) is -0.672. The highest BCUT2D eigenvalue weighted by Gasteiger charge is 2.45. The number of amides is 2. The van der Waals surface area contributed by atoms with E-state index in [4.69, 9.17) is 18.6 Å². The van der Waals surface area contributed by atoms with E-state index in [1.807, 2.05) is 74.5 Å². The summed E-state index contributed by atoms with van der Waals surface area (Å²) < 4.78 is 23.8. The molecule has 1 heterocycles. The van der Waals surface area contributed by atoms with Crippen molar-refractivity contribution < 1.29 is 28.2 Å². The predicted octanol–water partition coefficient (Wildman–Crippen LogP) is 7.97. The van der Waals surface area contributed by atoms with Crippen molar-refractivity contribution in [2.24, 2.45) is 11.8 Å². The molecule has 8 heteroatoms. The number of ether oxygens (including phenoxy) is 3. The minimum atomic E-state index is -2.32. The number of hydrogen-bond acceptors (Lipinski definition) is 6. The highest BCUT2D eigenvalue weighted by atomic mass is 28.4. The van der Waals surface area contributed by atoms with Crippen LogP contribution in [0.2, 0.25) is 18.1 Å². The molecule has 0 radical (unpaired) electrons. The Labute approximate surface area is 265 Å². The van der Waals surface area contributed by atoms with E-state index in [1.165, 1.54) is 4.90 Å². The Kier molecular flexibility index (Phi) is 12.2. The number of benzene rings is 2. The van der Waals surface area contributed by atoms with Gasteiger partial charge in [-0.1, -0.05) is 89.2 Å². The Morgan fingerprint density at radius 2 is 1.73 bits per heavy atom. The van der Waals surface area contributed by atoms with Crippen LogP contribution in [0.5, 0.6) is 5.75 Å². The number of cyclic esters (lactones) is 1. The van der Waals surface area contributed by atoms with Crippen LogP contribution in [0.1, 0.15) is 52.7 Å². The van der Waals surface area contributed by atoms with Gasteiger partial charge in [0.25, 0.3) is 0 Å². The van der Waals surface area contributed by atoms with E-state index in [2.05, 4.69) is 53.4 Å². The van der Waals surface area contributed by atoms with Gasteiger partial charge in [0, 0.05) is 5.92 Å². The number of imide groups is 1. The van der Waals surface area contributed by atoms with Crippen molar-refractivity contribution in [2.45, 2.75) is 91.0 Å². The van der Waals surface area contributed by atoms with Crippen molar-refractivity contribution >= 4 is 20.3 Å². The molecule has 0 aromatic heterocycles. The molecule has 2 amide bonds. The normalized spacial score (nSPS) is 18.8. The Morgan fingerprint density at radius 1 is 1.09 bits per heavy atom. The fourth-order valence-corrected chi connectivity index (χ4v) is 6.53. The summed E-state index contributed by atoms with van der Waals surface area (Å²) in [5, 5.41) is -0.0759. The smallest absolute Gasteiger partial charge is 0.416 e. The highest BCUT2D eigenvalue weighted by Crippen LogP contribution is 2.40. The number of hydrogen-bond donors (Lipinski definition) is 0. The van der Waals surface area contributed by atoms with E-state index in [9.17, 15) is 9.59 Å². The minimum Gasteiger partial charge on any atom is -0.497 e. The fourth-order valence-electron chi connectivity index (χ4n) is 5.15. The Hall–Kier alpha value is -3.20. The summed E-state index contributed by atoms with van der Waals surface area (Å²) in [6, 6.07) is 17.3. The second kappa shape index (κ2) is 15.2. The molecule has 1 aliphatic heterocycles. The van der Waals surface area contributed by atoms with E-state index in [-0.39, 0.29) is 35.6 Å². The fraction of sp³-hybridized carbons (Fsp3) is 0.500. The molecule has 5 atom stereocenters. The second-order valence-corrected chi connectivity index (χ2v) is 18.1. The van der Waals surface area contributed by atoms with Crippen molar-refractivity contribution in [2.75, 3.05) is 13.7 Å². The molecule has 3 rings (SSSR count). The van der Waals surface area contributed by atoms with Gasteiger partial charge in [-0.05, 0) is 60.3 Å². The zero-order chi connectivity index (χ0) is 32.7. The Morgan fingerprint density at radius 3 is 2.30 bits per heavy atom. The molecular weight excluding hydrogens is 570 g/mol. The molecule has 0 N–H and O–H groups in total. The summed E-state index contributed by atoms with van der Waals surface area (Å²) in [5.74, 6) is -0.139. The zero-order valence-electron chi connectivity index (χ0n) is 28.0. The Bertz CT molecular complexity index is 1280. The van der Waals surface area contributed by atoms with Crippen LogP contribution < -0.4 is 4.74 Å². The maximum Gasteiger partial charge on any atom is 0.416 e. The maximum atomic E-state index is 14.1. The molecule has 0 bridgehead atoms. The molecule has 1 saturated heterocycles. The molecule has 7 nitrogen and oxygen atoms in total. The maximum absolute atomic E-state index is 14.1. The van der Waals surface area contributed by atoms with Crippen LogP contribution in [0, 0.1) is 11.8 Å². The van der Waals surface area contributed by atoms with E-state index in [1.54, 1.807) is 7.11 Å². The number of carbonyl (C=O) groups is 2. The first-order valence-corrected chi connectivity index (χ1v) is 18.4. The highest BCUT2D eigenvalue weighted by molar-refractivity contribution is 6.74. The average Bonchev–Trinajstić information content (AvgIpc) is 3.34. The van der Waals surface area contributed by atoms with Crippen LogP contribution in [-0.2, 0) is 31.7 Å². The minimum absolute atomic E-state index is 0.0406. The van der Waals surface area contributed by atoms with E-state index < -0.39 is 26.4 Å². The summed E-state index contributed by atoms with van der Waals surface area (Å²) in [5.41, 5.74) is 3.01. The molecule has 0 saturated carbocycles. The monoisotopic (exact) mass is 621 g/mol. The number of methoxy groups -OCH3 is 1. The lowest BCUT2D eigenvalue weighted by Crippen LogP contribution is -2.51. The predicted molar refractivity (Wildman–Crippen MR) is 178 cm³/mol. The SMILES string of the molecule is C=C[C@H](OCc1ccc(OC)cc1)[C@@H](C)/C=C(\C)[C@H](O[Si](C)(C)C(C)(C)C)[C@@H](C)C(=O)N1C(=O)OC[C@H]1Cc1ccccc1. The molecular formula is C36H51NO6Si. The quantitative estimate of drug-likeness (QED) is 0.157. The van der Waals surface area contributed by atoms with E-state index >= 15 is 0 Å². The van der Waals surface area contributed by atoms with Crippen LogP contribution in [0.3, 0.4) is 0 Å². The lowest BCUT2D eigenvalue weighted by molar-refractivity contribution is -0.135. The van der Waals surface area contributed by atoms with Crippen LogP contribution in [0.25, 0.3) is 0 Å². The zero-order valence-corrected chi connectivity index (χ0v) is 29.0. The summed E-state index contributed by atoms with van der Waals surface area (Å²) >= 11 is 0. The van der Waals surface area contributed by atoms with Crippen LogP contribution >= 0.6 is 0 Å². The summed E-state index contributed by atoms with van der Waals surface area (Å²) in [4.78, 5) is 28.3. The summed E-state index contributed by atoms with van der Waals surface area (Å²) in [6.45, 7) is 21.5. The molecule has 0 unspecified atom stereocenters. The van der Waals surface area contributed by atoms with Gasteiger partial charge in [0.2, 0.25) is 5.91 Å². The van der Waals surface area contributed by atoms with E-state index in [0.717, 1.165) is 22.4 Å². The average molecular weight is 622 g/mol. The molecule has 44 heavy (non-hydrogen) atoms. The van der Waals surface area contributed by atoms with Gasteiger partial charge in [-0.25, -0.2) is 9.69 Å². The molecule has 1 aliphatic rings. The van der Waals surface area contributed by atoms with Crippen LogP contribution in [0.4, 0.5) is 4.79 Å². The van der Waals surface area contributed by atoms with Gasteiger partial charge in [-0.15, -0.1) is 6.58 Å². The van der Waals surface area contributed by atoms with Gasteiger partial charge in [-0.2, -0.15) is 0 Å². The summed E-state index contributed by atoms with van der Waals surface area (Å²) in [6.07, 6.45) is 3.09. The molecule has 2 aromatic rings. The van der Waals surface area contributed by atoms with E-state index in [0.29, 0.717) is 13.0 Å². The molecule has 2 aromatic carbocycles. The molecule has 0 spiro atoms. The third-order valence-electron chi connectivity index (χ3n) is 8.91. The van der Waals surface area contributed by atoms with Crippen molar-refractivity contribution in [3.8, 4) is 5.75 Å². The number of carbonyl (C=O) groups excluding carboxylic acids is 2. The van der Waals surface area contributed by atoms with Gasteiger partial charge in [0.05, 0.1) is 37.9 Å². The molecule has 240 valence electrons. The first-order valence-electron chi connectivity index (χ1n) is 15.5. The van der Waals surface area contributed by atoms with Gasteiger partial charge >= 0.3 is 6.09 Å². The van der Waals surface area contributed by atoms with Crippen molar-refractivity contribution in [3.05, 3.63) is 90.0 Å². The van der Waals surface area contributed by atoms with Crippen molar-refractivity contribution in [3.63, 3.8) is 0 Å². The topological polar surface area (TPSA) is 74.3 Å². The van der Waals surface area contributed by atoms with Crippen molar-refractivity contribution in [1.82, 2.24) is 4.90 Å². The van der Waals surface area contributed by atoms with Crippen LogP contribution in [0.15, 0.2) is 78.9 Å². The van der Waals surface area contributed by atoms with Gasteiger partial charge in [0.1, 0.15) is 12.4 Å². The number of nitrogens with zero attached hydrogens (tertiary/aromatic N) is 1. The van der Waals surface area contributed by atoms with Gasteiger partial charge < -0.3 is 18.6 Å². The molecule has 1 fully saturated rings. The Balaban J connectivity index is 1.85. The third kappa shape index (κ3) is 8.93. The van der Waals surface area contributed by atoms with Gasteiger partial charge in [-0.3, -0.25) is 4.79 Å². The second-order valence-electron chi connectivity index (χ2n) is 13.3. The first-order chi connectivity index (χ1) is 20.7. The molecule has 0 aliphatic carbocycles. The van der Waals surface area contributed by atoms with Crippen LogP contribution in [-0.4, -0.2) is 57.2 Å². The first kappa shape index (κ1) is 35.3. The standard InChI is InChI=1S/C36H51NO6Si/c1-11-32(41-23-29-17-19-31(40-8)20-18-29)25(2)21-26(3)33(43-44(9,10)36(5,6)7)27(4)34(38)37-30(24-42-35(37)39)22-28-15-13-12-14-16-28/h11-21,25,27,30,32-33H,1,22-24H2,2-10H3/b26-21+/t25-,27+,30+,32-,33-/m0/s1. The van der Waals surface area contributed by atoms with Crippen molar-refractivity contribution in [1.29, 1.82) is 0 Å². The number of rotatable bonds is 14. The van der Waals surface area contributed by atoms with Gasteiger partial charge in [0.15, 0.2) is 8.32 Å². The lowest BCUT2D eigenvalue weighted by Gasteiger charge is -2.41. The lowest BCUT2D eigenvalue weighted by atomic mass is 9.92.